The van der Waals surface area contributed by atoms with Crippen LogP contribution in [0.2, 0.25) is 0 Å². The fourth-order valence-electron chi connectivity index (χ4n) is 3.70. The molecule has 33 heavy (non-hydrogen) atoms. The van der Waals surface area contributed by atoms with E-state index in [-0.39, 0.29) is 19.1 Å². The largest absolute Gasteiger partial charge is 0.453 e. The van der Waals surface area contributed by atoms with Crippen molar-refractivity contribution >= 4 is 27.9 Å². The molecule has 8 nitrogen and oxygen atoms in total. The topological polar surface area (TPSA) is 90.6 Å². The highest BCUT2D eigenvalue weighted by atomic mass is 79.9. The quantitative estimate of drug-likeness (QED) is 0.589. The molecule has 0 unspecified atom stereocenters. The van der Waals surface area contributed by atoms with Crippen LogP contribution in [-0.4, -0.2) is 70.9 Å². The van der Waals surface area contributed by atoms with Crippen LogP contribution in [0, 0.1) is 5.92 Å². The van der Waals surface area contributed by atoms with Crippen molar-refractivity contribution in [1.82, 2.24) is 25.1 Å². The number of methoxy groups -OCH3 is 1. The van der Waals surface area contributed by atoms with Gasteiger partial charge in [-0.25, -0.2) is 9.78 Å². The number of amides is 2. The number of hydrogen-bond acceptors (Lipinski definition) is 5. The summed E-state index contributed by atoms with van der Waals surface area (Å²) in [6, 6.07) is 5.74. The number of nitrogens with one attached hydrogen (secondary N) is 2. The summed E-state index contributed by atoms with van der Waals surface area (Å²) in [5.41, 5.74) is 1.51. The van der Waals surface area contributed by atoms with E-state index in [0.717, 1.165) is 14.9 Å². The summed E-state index contributed by atoms with van der Waals surface area (Å²) in [6.45, 7) is 2.00. The van der Waals surface area contributed by atoms with Crippen LogP contribution in [0.4, 0.5) is 18.0 Å². The molecule has 0 saturated carbocycles. The highest BCUT2D eigenvalue weighted by Gasteiger charge is 2.43. The number of rotatable bonds is 6. The SMILES string of the molecule is COC(=O)N[C@H](C(=O)N1CN(CC(F)(F)F)C[C@H]1c1ncc(-c2ccc(Br)cc2)[nH]1)C(C)C. The van der Waals surface area contributed by atoms with E-state index in [4.69, 9.17) is 0 Å². The maximum Gasteiger partial charge on any atom is 0.407 e. The van der Waals surface area contributed by atoms with Gasteiger partial charge in [-0.15, -0.1) is 0 Å². The summed E-state index contributed by atoms with van der Waals surface area (Å²) in [4.78, 5) is 35.1. The summed E-state index contributed by atoms with van der Waals surface area (Å²) in [7, 11) is 1.17. The van der Waals surface area contributed by atoms with E-state index >= 15 is 0 Å². The summed E-state index contributed by atoms with van der Waals surface area (Å²) in [6.07, 6.45) is -3.63. The second-order valence-electron chi connectivity index (χ2n) is 8.14. The normalized spacial score (nSPS) is 17.9. The van der Waals surface area contributed by atoms with Crippen molar-refractivity contribution in [2.45, 2.75) is 32.1 Å². The zero-order chi connectivity index (χ0) is 24.3. The van der Waals surface area contributed by atoms with Crippen LogP contribution in [0.1, 0.15) is 25.7 Å². The molecule has 2 amide bonds. The van der Waals surface area contributed by atoms with E-state index in [1.165, 1.54) is 12.0 Å². The molecule has 180 valence electrons. The van der Waals surface area contributed by atoms with Gasteiger partial charge in [0.05, 0.1) is 32.2 Å². The number of alkyl carbamates (subject to hydrolysis) is 1. The molecule has 2 aromatic rings. The minimum Gasteiger partial charge on any atom is -0.453 e. The number of aromatic nitrogens is 2. The Bertz CT molecular complexity index is 980. The van der Waals surface area contributed by atoms with Gasteiger partial charge < -0.3 is 19.9 Å². The number of nitrogens with zero attached hydrogens (tertiary/aromatic N) is 3. The summed E-state index contributed by atoms with van der Waals surface area (Å²) in [5.74, 6) is -0.456. The second kappa shape index (κ2) is 10.1. The van der Waals surface area contributed by atoms with Crippen molar-refractivity contribution < 1.29 is 27.5 Å². The average Bonchev–Trinajstić information content (AvgIpc) is 3.37. The first-order valence-corrected chi connectivity index (χ1v) is 11.0. The van der Waals surface area contributed by atoms with Crippen LogP contribution in [0.15, 0.2) is 34.9 Å². The Hall–Kier alpha value is -2.60. The molecule has 2 atom stereocenters. The number of benzene rings is 1. The van der Waals surface area contributed by atoms with Crippen LogP contribution in [0.3, 0.4) is 0 Å². The first kappa shape index (κ1) is 25.0. The van der Waals surface area contributed by atoms with Crippen molar-refractivity contribution in [3.05, 3.63) is 40.8 Å². The molecule has 1 saturated heterocycles. The predicted molar refractivity (Wildman–Crippen MR) is 118 cm³/mol. The van der Waals surface area contributed by atoms with E-state index in [9.17, 15) is 22.8 Å². The van der Waals surface area contributed by atoms with E-state index < -0.39 is 36.8 Å². The fraction of sp³-hybridized carbons (Fsp3) is 0.476. The number of aromatic amines is 1. The number of ether oxygens (including phenoxy) is 1. The Morgan fingerprint density at radius 1 is 1.30 bits per heavy atom. The third kappa shape index (κ3) is 6.26. The molecule has 1 aliphatic heterocycles. The van der Waals surface area contributed by atoms with Gasteiger partial charge in [-0.3, -0.25) is 9.69 Å². The minimum absolute atomic E-state index is 0.0540. The Morgan fingerprint density at radius 3 is 2.55 bits per heavy atom. The molecular weight excluding hydrogens is 507 g/mol. The molecule has 0 aliphatic carbocycles. The smallest absolute Gasteiger partial charge is 0.407 e. The highest BCUT2D eigenvalue weighted by Crippen LogP contribution is 2.31. The Labute approximate surface area is 197 Å². The van der Waals surface area contributed by atoms with Gasteiger partial charge in [-0.2, -0.15) is 13.2 Å². The first-order chi connectivity index (χ1) is 15.5. The van der Waals surface area contributed by atoms with Crippen molar-refractivity contribution in [1.29, 1.82) is 0 Å². The molecule has 12 heteroatoms. The minimum atomic E-state index is -4.42. The zero-order valence-electron chi connectivity index (χ0n) is 18.3. The van der Waals surface area contributed by atoms with Gasteiger partial charge in [0.25, 0.3) is 0 Å². The average molecular weight is 532 g/mol. The summed E-state index contributed by atoms with van der Waals surface area (Å²) < 4.78 is 44.7. The molecule has 2 heterocycles. The monoisotopic (exact) mass is 531 g/mol. The van der Waals surface area contributed by atoms with Gasteiger partial charge >= 0.3 is 12.3 Å². The zero-order valence-corrected chi connectivity index (χ0v) is 19.9. The number of halogens is 4. The first-order valence-electron chi connectivity index (χ1n) is 10.2. The predicted octanol–water partition coefficient (Wildman–Crippen LogP) is 3.92. The van der Waals surface area contributed by atoms with Crippen molar-refractivity contribution in [2.24, 2.45) is 5.92 Å². The van der Waals surface area contributed by atoms with Crippen LogP contribution in [0.25, 0.3) is 11.3 Å². The maximum atomic E-state index is 13.3. The number of carbonyl (C=O) groups is 2. The number of H-pyrrole nitrogens is 1. The lowest BCUT2D eigenvalue weighted by molar-refractivity contribution is -0.148. The third-order valence-corrected chi connectivity index (χ3v) is 5.83. The lowest BCUT2D eigenvalue weighted by Crippen LogP contribution is -2.51. The van der Waals surface area contributed by atoms with Crippen LogP contribution >= 0.6 is 15.9 Å². The van der Waals surface area contributed by atoms with Crippen LogP contribution in [0.5, 0.6) is 0 Å². The van der Waals surface area contributed by atoms with Crippen molar-refractivity contribution in [3.63, 3.8) is 0 Å². The summed E-state index contributed by atoms with van der Waals surface area (Å²) >= 11 is 3.37. The maximum absolute atomic E-state index is 13.3. The van der Waals surface area contributed by atoms with Gasteiger partial charge in [0.2, 0.25) is 5.91 Å². The second-order valence-corrected chi connectivity index (χ2v) is 9.05. The van der Waals surface area contributed by atoms with Gasteiger partial charge in [0.15, 0.2) is 0 Å². The molecule has 1 fully saturated rings. The Morgan fingerprint density at radius 2 is 1.97 bits per heavy atom. The molecule has 1 aromatic heterocycles. The number of hydrogen-bond donors (Lipinski definition) is 2. The Balaban J connectivity index is 1.90. The lowest BCUT2D eigenvalue weighted by atomic mass is 10.0. The molecule has 2 N–H and O–H groups in total. The molecular formula is C21H25BrF3N5O3. The Kier molecular flexibility index (Phi) is 7.68. The molecule has 0 radical (unpaired) electrons. The fourth-order valence-corrected chi connectivity index (χ4v) is 3.96. The van der Waals surface area contributed by atoms with Crippen LogP contribution < -0.4 is 5.32 Å². The molecule has 0 bridgehead atoms. The van der Waals surface area contributed by atoms with Crippen LogP contribution in [-0.2, 0) is 9.53 Å². The highest BCUT2D eigenvalue weighted by molar-refractivity contribution is 9.10. The van der Waals surface area contributed by atoms with E-state index in [1.807, 2.05) is 24.3 Å². The van der Waals surface area contributed by atoms with Gasteiger partial charge in [0.1, 0.15) is 17.9 Å². The number of carbonyl (C=O) groups excluding carboxylic acids is 2. The number of alkyl halides is 3. The van der Waals surface area contributed by atoms with Gasteiger partial charge in [-0.05, 0) is 23.6 Å². The van der Waals surface area contributed by atoms with Gasteiger partial charge in [0, 0.05) is 11.0 Å². The van der Waals surface area contributed by atoms with Crippen molar-refractivity contribution in [2.75, 3.05) is 26.9 Å². The van der Waals surface area contributed by atoms with E-state index in [1.54, 1.807) is 20.0 Å². The van der Waals surface area contributed by atoms with Crippen molar-refractivity contribution in [3.8, 4) is 11.3 Å². The molecule has 1 aromatic carbocycles. The molecule has 0 spiro atoms. The molecule has 1 aliphatic rings. The summed E-state index contributed by atoms with van der Waals surface area (Å²) in [5, 5.41) is 2.49. The standard InChI is InChI=1S/C21H25BrF3N5O3/c1-12(2)17(28-20(32)33-3)19(31)30-11-29(10-21(23,24)25)9-16(30)18-26-8-15(27-18)13-4-6-14(22)7-5-13/h4-8,12,16-17H,9-11H2,1-3H3,(H,26,27)(H,28,32)/t16-,17-/m0/s1. The molecule has 3 rings (SSSR count). The van der Waals surface area contributed by atoms with Gasteiger partial charge in [-0.1, -0.05) is 41.9 Å². The third-order valence-electron chi connectivity index (χ3n) is 5.30. The lowest BCUT2D eigenvalue weighted by Gasteiger charge is -2.29. The van der Waals surface area contributed by atoms with E-state index in [0.29, 0.717) is 11.5 Å². The van der Waals surface area contributed by atoms with E-state index in [2.05, 4.69) is 36.0 Å². The number of imidazole rings is 1.